The number of carbonyl (C=O) groups excluding carboxylic acids is 1. The maximum atomic E-state index is 11.3. The van der Waals surface area contributed by atoms with E-state index in [9.17, 15) is 4.79 Å². The summed E-state index contributed by atoms with van der Waals surface area (Å²) in [6, 6.07) is 16.1. The van der Waals surface area contributed by atoms with Crippen LogP contribution in [0.4, 0.5) is 0 Å². The fraction of sp³-hybridized carbons (Fsp3) is 0.222. The molecule has 3 aromatic rings. The summed E-state index contributed by atoms with van der Waals surface area (Å²) in [5.74, 6) is 0.122. The second kappa shape index (κ2) is 6.54. The summed E-state index contributed by atoms with van der Waals surface area (Å²) in [6.45, 7) is 2.71. The molecule has 0 amide bonds. The van der Waals surface area contributed by atoms with Crippen LogP contribution in [0.25, 0.3) is 10.9 Å². The highest BCUT2D eigenvalue weighted by Gasteiger charge is 2.08. The van der Waals surface area contributed by atoms with Crippen molar-refractivity contribution < 1.29 is 9.53 Å². The maximum absolute atomic E-state index is 11.3. The first kappa shape index (κ1) is 14.5. The van der Waals surface area contributed by atoms with Crippen LogP contribution in [0, 0.1) is 0 Å². The number of ether oxygens (including phenoxy) is 1. The summed E-state index contributed by atoms with van der Waals surface area (Å²) >= 11 is 0. The average molecular weight is 294 g/mol. The minimum absolute atomic E-state index is 0.122. The number of benzene rings is 2. The van der Waals surface area contributed by atoms with Gasteiger partial charge in [-0.3, -0.25) is 9.89 Å². The zero-order valence-corrected chi connectivity index (χ0v) is 12.5. The number of aromatic amines is 1. The Kier molecular flexibility index (Phi) is 4.30. The van der Waals surface area contributed by atoms with Crippen LogP contribution >= 0.6 is 0 Å². The van der Waals surface area contributed by atoms with E-state index < -0.39 is 0 Å². The molecule has 4 heteroatoms. The Morgan fingerprint density at radius 3 is 2.64 bits per heavy atom. The van der Waals surface area contributed by atoms with E-state index in [1.807, 2.05) is 48.5 Å². The van der Waals surface area contributed by atoms with Crippen molar-refractivity contribution in [3.63, 3.8) is 0 Å². The van der Waals surface area contributed by atoms with E-state index >= 15 is 0 Å². The van der Waals surface area contributed by atoms with Crippen molar-refractivity contribution in [3.05, 3.63) is 65.4 Å². The van der Waals surface area contributed by atoms with Gasteiger partial charge in [0.25, 0.3) is 0 Å². The van der Waals surface area contributed by atoms with Gasteiger partial charge in [0.1, 0.15) is 5.78 Å². The molecule has 0 bridgehead atoms. The second-order valence-corrected chi connectivity index (χ2v) is 5.41. The first-order valence-corrected chi connectivity index (χ1v) is 7.29. The van der Waals surface area contributed by atoms with Gasteiger partial charge in [0.15, 0.2) is 0 Å². The molecular weight excluding hydrogens is 276 g/mol. The molecule has 0 saturated carbocycles. The van der Waals surface area contributed by atoms with Gasteiger partial charge in [0.05, 0.1) is 24.4 Å². The normalized spacial score (nSPS) is 11.0. The zero-order valence-electron chi connectivity index (χ0n) is 12.5. The molecule has 0 radical (unpaired) electrons. The molecule has 1 N–H and O–H groups in total. The minimum Gasteiger partial charge on any atom is -0.372 e. The second-order valence-electron chi connectivity index (χ2n) is 5.41. The number of hydrogen-bond donors (Lipinski definition) is 1. The van der Waals surface area contributed by atoms with Gasteiger partial charge in [-0.15, -0.1) is 0 Å². The average Bonchev–Trinajstić information content (AvgIpc) is 2.90. The third-order valence-corrected chi connectivity index (χ3v) is 3.50. The monoisotopic (exact) mass is 294 g/mol. The highest BCUT2D eigenvalue weighted by atomic mass is 16.5. The molecule has 2 aromatic carbocycles. The molecule has 0 spiro atoms. The Hall–Kier alpha value is -2.46. The van der Waals surface area contributed by atoms with Gasteiger partial charge in [-0.1, -0.05) is 36.4 Å². The molecule has 1 heterocycles. The third-order valence-electron chi connectivity index (χ3n) is 3.50. The highest BCUT2D eigenvalue weighted by molar-refractivity contribution is 5.87. The summed E-state index contributed by atoms with van der Waals surface area (Å²) in [4.78, 5) is 11.3. The molecular formula is C18H18N2O2. The van der Waals surface area contributed by atoms with Crippen LogP contribution in [-0.4, -0.2) is 16.0 Å². The van der Waals surface area contributed by atoms with Crippen LogP contribution in [0.5, 0.6) is 0 Å². The number of fused-ring (bicyclic) bond motifs is 1. The summed E-state index contributed by atoms with van der Waals surface area (Å²) < 4.78 is 5.75. The molecule has 0 atom stereocenters. The molecule has 112 valence electrons. The van der Waals surface area contributed by atoms with E-state index in [1.54, 1.807) is 6.92 Å². The maximum Gasteiger partial charge on any atom is 0.135 e. The van der Waals surface area contributed by atoms with Crippen LogP contribution in [0.3, 0.4) is 0 Å². The Bertz CT molecular complexity index is 778. The van der Waals surface area contributed by atoms with Crippen molar-refractivity contribution in [2.45, 2.75) is 26.6 Å². The topological polar surface area (TPSA) is 55.0 Å². The summed E-state index contributed by atoms with van der Waals surface area (Å²) in [7, 11) is 0. The summed E-state index contributed by atoms with van der Waals surface area (Å²) in [5.41, 5.74) is 3.98. The fourth-order valence-corrected chi connectivity index (χ4v) is 2.44. The van der Waals surface area contributed by atoms with Crippen LogP contribution < -0.4 is 0 Å². The number of carbonyl (C=O) groups is 1. The molecule has 22 heavy (non-hydrogen) atoms. The summed E-state index contributed by atoms with van der Waals surface area (Å²) in [5, 5.41) is 8.16. The molecule has 0 unspecified atom stereocenters. The molecule has 3 rings (SSSR count). The third kappa shape index (κ3) is 3.40. The van der Waals surface area contributed by atoms with Crippen molar-refractivity contribution in [2.75, 3.05) is 0 Å². The van der Waals surface area contributed by atoms with Crippen LogP contribution in [0.1, 0.15) is 23.7 Å². The number of aromatic nitrogens is 2. The SMILES string of the molecule is CC(=O)Cc1[nH]nc2ccc(COCc3ccccc3)cc12. The number of nitrogens with zero attached hydrogens (tertiary/aromatic N) is 1. The van der Waals surface area contributed by atoms with Crippen LogP contribution in [-0.2, 0) is 29.2 Å². The fourth-order valence-electron chi connectivity index (χ4n) is 2.44. The lowest BCUT2D eigenvalue weighted by Gasteiger charge is -2.05. The van der Waals surface area contributed by atoms with E-state index in [0.29, 0.717) is 19.6 Å². The van der Waals surface area contributed by atoms with Gasteiger partial charge in [-0.25, -0.2) is 0 Å². The molecule has 0 aliphatic rings. The smallest absolute Gasteiger partial charge is 0.135 e. The van der Waals surface area contributed by atoms with Crippen molar-refractivity contribution in [2.24, 2.45) is 0 Å². The number of nitrogens with one attached hydrogen (secondary N) is 1. The van der Waals surface area contributed by atoms with Gasteiger partial charge in [0.2, 0.25) is 0 Å². The van der Waals surface area contributed by atoms with Crippen molar-refractivity contribution in [1.82, 2.24) is 10.2 Å². The van der Waals surface area contributed by atoms with Crippen molar-refractivity contribution in [1.29, 1.82) is 0 Å². The number of rotatable bonds is 6. The lowest BCUT2D eigenvalue weighted by Crippen LogP contribution is -1.97. The number of H-pyrrole nitrogens is 1. The molecule has 0 aliphatic carbocycles. The number of ketones is 1. The lowest BCUT2D eigenvalue weighted by molar-refractivity contribution is -0.116. The quantitative estimate of drug-likeness (QED) is 0.758. The first-order chi connectivity index (χ1) is 10.7. The number of Topliss-reactive ketones (excluding diaryl/α,β-unsaturated/α-hetero) is 1. The van der Waals surface area contributed by atoms with E-state index in [4.69, 9.17) is 4.74 Å². The van der Waals surface area contributed by atoms with Gasteiger partial charge in [-0.05, 0) is 30.2 Å². The highest BCUT2D eigenvalue weighted by Crippen LogP contribution is 2.19. The minimum atomic E-state index is 0.122. The van der Waals surface area contributed by atoms with E-state index in [1.165, 1.54) is 0 Å². The first-order valence-electron chi connectivity index (χ1n) is 7.29. The Morgan fingerprint density at radius 2 is 1.86 bits per heavy atom. The predicted molar refractivity (Wildman–Crippen MR) is 85.4 cm³/mol. The number of hydrogen-bond acceptors (Lipinski definition) is 3. The van der Waals surface area contributed by atoms with E-state index in [2.05, 4.69) is 10.2 Å². The Morgan fingerprint density at radius 1 is 1.09 bits per heavy atom. The van der Waals surface area contributed by atoms with Gasteiger partial charge >= 0.3 is 0 Å². The van der Waals surface area contributed by atoms with E-state index in [0.717, 1.165) is 27.7 Å². The van der Waals surface area contributed by atoms with E-state index in [-0.39, 0.29) is 5.78 Å². The van der Waals surface area contributed by atoms with Gasteiger partial charge in [-0.2, -0.15) is 5.10 Å². The Labute approximate surface area is 129 Å². The standard InChI is InChI=1S/C18H18N2O2/c1-13(21)9-18-16-10-15(7-8-17(16)19-20-18)12-22-11-14-5-3-2-4-6-14/h2-8,10H,9,11-12H2,1H3,(H,19,20). The van der Waals surface area contributed by atoms with Crippen molar-refractivity contribution >= 4 is 16.7 Å². The van der Waals surface area contributed by atoms with Gasteiger partial charge < -0.3 is 4.74 Å². The van der Waals surface area contributed by atoms with Crippen molar-refractivity contribution in [3.8, 4) is 0 Å². The molecule has 4 nitrogen and oxygen atoms in total. The van der Waals surface area contributed by atoms with Crippen LogP contribution in [0.15, 0.2) is 48.5 Å². The van der Waals surface area contributed by atoms with Crippen LogP contribution in [0.2, 0.25) is 0 Å². The molecule has 0 saturated heterocycles. The Balaban J connectivity index is 1.70. The molecule has 0 fully saturated rings. The predicted octanol–water partition coefficient (Wildman–Crippen LogP) is 3.41. The largest absolute Gasteiger partial charge is 0.372 e. The summed E-state index contributed by atoms with van der Waals surface area (Å²) in [6.07, 6.45) is 0.380. The lowest BCUT2D eigenvalue weighted by atomic mass is 10.1. The molecule has 0 aliphatic heterocycles. The zero-order chi connectivity index (χ0) is 15.4. The molecule has 1 aromatic heterocycles. The van der Waals surface area contributed by atoms with Gasteiger partial charge in [0, 0.05) is 11.8 Å².